The molecule has 0 aromatic rings. The molecule has 0 saturated carbocycles. The molecule has 0 rings (SSSR count). The van der Waals surface area contributed by atoms with Crippen molar-refractivity contribution in [2.75, 3.05) is 0 Å². The van der Waals surface area contributed by atoms with Gasteiger partial charge in [0.2, 0.25) is 0 Å². The highest BCUT2D eigenvalue weighted by Gasteiger charge is 2.19. The molecule has 0 spiro atoms. The predicted molar refractivity (Wildman–Crippen MR) is 160 cm³/mol. The lowest BCUT2D eigenvalue weighted by Gasteiger charge is -2.11. The molecule has 230 valence electrons. The van der Waals surface area contributed by atoms with Crippen LogP contribution in [0.15, 0.2) is 10.2 Å². The zero-order valence-corrected chi connectivity index (χ0v) is 26.6. The van der Waals surface area contributed by atoms with E-state index in [4.69, 9.17) is 10.5 Å². The van der Waals surface area contributed by atoms with Crippen LogP contribution < -0.4 is 0 Å². The molecule has 0 heterocycles. The number of azo groups is 1. The Morgan fingerprint density at radius 2 is 0.775 bits per heavy atom. The molecule has 0 aromatic carbocycles. The van der Waals surface area contributed by atoms with Gasteiger partial charge in [0.1, 0.15) is 0 Å². The fourth-order valence-electron chi connectivity index (χ4n) is 3.63. The molecule has 0 bridgehead atoms. The molecule has 8 heteroatoms. The SMILES string of the molecule is CC(C)(C#N)/N=N/C(C)(C)C#N.CCCCCCCCCCCC(=O)OOC(=O)CCCCCCCCCCC. The number of unbranched alkanes of at least 4 members (excludes halogenated alkanes) is 16. The van der Waals surface area contributed by atoms with E-state index in [0.29, 0.717) is 12.8 Å². The van der Waals surface area contributed by atoms with E-state index >= 15 is 0 Å². The number of hydrogen-bond donors (Lipinski definition) is 0. The number of carbonyl (C=O) groups is 2. The second-order valence-electron chi connectivity index (χ2n) is 11.6. The lowest BCUT2D eigenvalue weighted by Crippen LogP contribution is -2.17. The molecule has 0 radical (unpaired) electrons. The van der Waals surface area contributed by atoms with Gasteiger partial charge in [0.15, 0.2) is 11.1 Å². The minimum absolute atomic E-state index is 0.334. The Hall–Kier alpha value is -2.48. The van der Waals surface area contributed by atoms with Gasteiger partial charge in [0.25, 0.3) is 0 Å². The first-order valence-corrected chi connectivity index (χ1v) is 15.7. The van der Waals surface area contributed by atoms with E-state index in [1.807, 2.05) is 12.1 Å². The van der Waals surface area contributed by atoms with Gasteiger partial charge in [-0.1, -0.05) is 117 Å². The minimum Gasteiger partial charge on any atom is -0.247 e. The first kappa shape index (κ1) is 39.7. The lowest BCUT2D eigenvalue weighted by molar-refractivity contribution is -0.259. The van der Waals surface area contributed by atoms with Crippen molar-refractivity contribution in [3.8, 4) is 12.1 Å². The summed E-state index contributed by atoms with van der Waals surface area (Å²) in [6.07, 6.45) is 22.3. The highest BCUT2D eigenvalue weighted by Crippen LogP contribution is 2.14. The standard InChI is InChI=1S/C24H46O4.C8H12N4/c1-3-5-7-9-11-13-15-17-19-21-23(25)27-28-24(26)22-20-18-16-14-12-10-8-6-4-2;1-7(2,5-9)11-12-8(3,4)6-10/h3-22H2,1-2H3;1-4H3/b;12-11+. The number of nitrogens with zero attached hydrogens (tertiary/aromatic N) is 4. The van der Waals surface area contributed by atoms with Gasteiger partial charge in [-0.15, -0.1) is 0 Å². The van der Waals surface area contributed by atoms with Gasteiger partial charge in [-0.05, 0) is 40.5 Å². The smallest absolute Gasteiger partial charge is 0.247 e. The molecule has 0 aliphatic carbocycles. The average molecular weight is 563 g/mol. The van der Waals surface area contributed by atoms with Crippen LogP contribution in [0.3, 0.4) is 0 Å². The van der Waals surface area contributed by atoms with Crippen LogP contribution in [0.2, 0.25) is 0 Å². The summed E-state index contributed by atoms with van der Waals surface area (Å²) in [6, 6.07) is 3.94. The Morgan fingerprint density at radius 3 is 1.02 bits per heavy atom. The van der Waals surface area contributed by atoms with Crippen molar-refractivity contribution in [3.63, 3.8) is 0 Å². The fourth-order valence-corrected chi connectivity index (χ4v) is 3.63. The molecule has 0 saturated heterocycles. The number of nitriles is 2. The van der Waals surface area contributed by atoms with Crippen molar-refractivity contribution in [3.05, 3.63) is 0 Å². The topological polar surface area (TPSA) is 125 Å². The van der Waals surface area contributed by atoms with Gasteiger partial charge in [-0.2, -0.15) is 20.8 Å². The van der Waals surface area contributed by atoms with E-state index in [1.54, 1.807) is 27.7 Å². The summed E-state index contributed by atoms with van der Waals surface area (Å²) in [4.78, 5) is 32.4. The highest BCUT2D eigenvalue weighted by molar-refractivity contribution is 5.72. The molecular weight excluding hydrogens is 504 g/mol. The van der Waals surface area contributed by atoms with Gasteiger partial charge in [-0.25, -0.2) is 19.4 Å². The van der Waals surface area contributed by atoms with Crippen LogP contribution in [0.1, 0.15) is 170 Å². The van der Waals surface area contributed by atoms with E-state index < -0.39 is 23.0 Å². The highest BCUT2D eigenvalue weighted by atomic mass is 17.2. The van der Waals surface area contributed by atoms with Crippen molar-refractivity contribution in [2.45, 2.75) is 181 Å². The monoisotopic (exact) mass is 562 g/mol. The minimum atomic E-state index is -0.839. The molecule has 0 aromatic heterocycles. The maximum Gasteiger partial charge on any atom is 0.355 e. The zero-order chi connectivity index (χ0) is 30.5. The maximum absolute atomic E-state index is 11.6. The third-order valence-electron chi connectivity index (χ3n) is 6.29. The molecule has 0 fully saturated rings. The predicted octanol–water partition coefficient (Wildman–Crippen LogP) is 9.87. The lowest BCUT2D eigenvalue weighted by atomic mass is 10.1. The molecule has 0 amide bonds. The Kier molecular flexibility index (Phi) is 26.5. The van der Waals surface area contributed by atoms with Crippen LogP contribution >= 0.6 is 0 Å². The summed E-state index contributed by atoms with van der Waals surface area (Å²) in [5.41, 5.74) is -1.68. The van der Waals surface area contributed by atoms with Crippen molar-refractivity contribution < 1.29 is 19.4 Å². The Balaban J connectivity index is 0. The fraction of sp³-hybridized carbons (Fsp3) is 0.875. The third kappa shape index (κ3) is 30.1. The zero-order valence-electron chi connectivity index (χ0n) is 26.6. The summed E-state index contributed by atoms with van der Waals surface area (Å²) in [7, 11) is 0. The normalized spacial score (nSPS) is 11.3. The molecule has 0 aliphatic heterocycles. The van der Waals surface area contributed by atoms with E-state index in [-0.39, 0.29) is 0 Å². The molecular formula is C32H58N4O4. The number of hydrogen-bond acceptors (Lipinski definition) is 8. The third-order valence-corrected chi connectivity index (χ3v) is 6.29. The first-order chi connectivity index (χ1) is 19.0. The van der Waals surface area contributed by atoms with E-state index in [2.05, 4.69) is 33.9 Å². The quantitative estimate of drug-likeness (QED) is 0.0559. The Bertz CT molecular complexity index is 689. The summed E-state index contributed by atoms with van der Waals surface area (Å²) in [6.45, 7) is 11.0. The molecule has 8 nitrogen and oxygen atoms in total. The van der Waals surface area contributed by atoms with E-state index in [0.717, 1.165) is 38.5 Å². The van der Waals surface area contributed by atoms with Crippen LogP contribution in [-0.2, 0) is 19.4 Å². The van der Waals surface area contributed by atoms with Crippen molar-refractivity contribution in [1.29, 1.82) is 10.5 Å². The summed E-state index contributed by atoms with van der Waals surface area (Å²) in [5, 5.41) is 24.7. The molecule has 0 unspecified atom stereocenters. The first-order valence-electron chi connectivity index (χ1n) is 15.7. The van der Waals surface area contributed by atoms with Crippen molar-refractivity contribution in [1.82, 2.24) is 0 Å². The second-order valence-corrected chi connectivity index (χ2v) is 11.6. The van der Waals surface area contributed by atoms with Crippen LogP contribution in [0, 0.1) is 22.7 Å². The van der Waals surface area contributed by atoms with Gasteiger partial charge >= 0.3 is 11.9 Å². The van der Waals surface area contributed by atoms with Crippen LogP contribution in [-0.4, -0.2) is 23.0 Å². The molecule has 0 atom stereocenters. The molecule has 0 aliphatic rings. The van der Waals surface area contributed by atoms with Crippen molar-refractivity contribution in [2.24, 2.45) is 10.2 Å². The summed E-state index contributed by atoms with van der Waals surface area (Å²) in [5.74, 6) is -0.855. The van der Waals surface area contributed by atoms with Gasteiger partial charge in [0, 0.05) is 0 Å². The summed E-state index contributed by atoms with van der Waals surface area (Å²) < 4.78 is 0. The van der Waals surface area contributed by atoms with E-state index in [1.165, 1.54) is 77.0 Å². The number of carbonyl (C=O) groups excluding carboxylic acids is 2. The van der Waals surface area contributed by atoms with Crippen LogP contribution in [0.5, 0.6) is 0 Å². The summed E-state index contributed by atoms with van der Waals surface area (Å²) >= 11 is 0. The largest absolute Gasteiger partial charge is 0.355 e. The van der Waals surface area contributed by atoms with Crippen molar-refractivity contribution >= 4 is 11.9 Å². The van der Waals surface area contributed by atoms with Crippen LogP contribution in [0.4, 0.5) is 0 Å². The van der Waals surface area contributed by atoms with Gasteiger partial charge in [-0.3, -0.25) is 0 Å². The molecule has 40 heavy (non-hydrogen) atoms. The van der Waals surface area contributed by atoms with Gasteiger partial charge in [0.05, 0.1) is 25.0 Å². The number of rotatable bonds is 22. The maximum atomic E-state index is 11.6. The van der Waals surface area contributed by atoms with E-state index in [9.17, 15) is 9.59 Å². The average Bonchev–Trinajstić information content (AvgIpc) is 2.93. The molecule has 0 N–H and O–H groups in total. The van der Waals surface area contributed by atoms with Gasteiger partial charge < -0.3 is 0 Å². The Morgan fingerprint density at radius 1 is 0.525 bits per heavy atom. The Labute approximate surface area is 245 Å². The second kappa shape index (κ2) is 26.7. The van der Waals surface area contributed by atoms with Crippen LogP contribution in [0.25, 0.3) is 0 Å².